The van der Waals surface area contributed by atoms with Crippen LogP contribution in [-0.2, 0) is 11.4 Å². The summed E-state index contributed by atoms with van der Waals surface area (Å²) in [6.07, 6.45) is 0. The largest absolute Gasteiger partial charge is 0.488 e. The second-order valence-electron chi connectivity index (χ2n) is 6.99. The van der Waals surface area contributed by atoms with Crippen molar-refractivity contribution in [2.24, 2.45) is 0 Å². The van der Waals surface area contributed by atoms with Gasteiger partial charge in [-0.05, 0) is 54.4 Å². The summed E-state index contributed by atoms with van der Waals surface area (Å²) in [7, 11) is 0. The summed E-state index contributed by atoms with van der Waals surface area (Å²) in [5.41, 5.74) is 2.89. The first-order chi connectivity index (χ1) is 14.5. The van der Waals surface area contributed by atoms with E-state index in [0.29, 0.717) is 18.1 Å². The molecule has 0 fully saturated rings. The van der Waals surface area contributed by atoms with E-state index in [4.69, 9.17) is 19.6 Å². The Bertz CT molecular complexity index is 1220. The van der Waals surface area contributed by atoms with Crippen LogP contribution in [0.1, 0.15) is 16.1 Å². The van der Waals surface area contributed by atoms with Gasteiger partial charge in [-0.3, -0.25) is 0 Å². The lowest BCUT2D eigenvalue weighted by Crippen LogP contribution is -2.10. The fourth-order valence-electron chi connectivity index (χ4n) is 3.17. The summed E-state index contributed by atoms with van der Waals surface area (Å²) < 4.78 is 11.2. The molecule has 30 heavy (non-hydrogen) atoms. The highest BCUT2D eigenvalue weighted by Gasteiger charge is 2.11. The molecule has 0 amide bonds. The topological polar surface area (TPSA) is 68.7 Å². The number of ether oxygens (including phenoxy) is 2. The van der Waals surface area contributed by atoms with Gasteiger partial charge in [0, 0.05) is 5.56 Å². The van der Waals surface area contributed by atoms with Crippen molar-refractivity contribution in [3.8, 4) is 22.1 Å². The average molecular weight is 420 g/mol. The van der Waals surface area contributed by atoms with Crippen molar-refractivity contribution in [3.63, 3.8) is 0 Å². The number of aliphatic carboxylic acids is 1. The minimum absolute atomic E-state index is 0.362. The van der Waals surface area contributed by atoms with Gasteiger partial charge in [0.15, 0.2) is 6.61 Å². The molecule has 4 aromatic rings. The lowest BCUT2D eigenvalue weighted by Gasteiger charge is -2.10. The first-order valence-corrected chi connectivity index (χ1v) is 10.3. The molecular formula is C24H21NO4S. The third-order valence-electron chi connectivity index (χ3n) is 4.76. The molecule has 0 aliphatic heterocycles. The van der Waals surface area contributed by atoms with Gasteiger partial charge in [-0.15, -0.1) is 11.3 Å². The van der Waals surface area contributed by atoms with Crippen LogP contribution in [0.4, 0.5) is 0 Å². The zero-order valence-corrected chi connectivity index (χ0v) is 17.5. The molecule has 1 heterocycles. The molecule has 0 saturated heterocycles. The van der Waals surface area contributed by atoms with E-state index in [1.807, 2.05) is 32.0 Å². The first-order valence-electron chi connectivity index (χ1n) is 9.53. The molecule has 0 aliphatic carbocycles. The second kappa shape index (κ2) is 8.55. The Hall–Kier alpha value is -3.38. The van der Waals surface area contributed by atoms with Crippen LogP contribution in [0.2, 0.25) is 0 Å². The molecule has 0 saturated carbocycles. The molecule has 0 atom stereocenters. The number of benzene rings is 3. The highest BCUT2D eigenvalue weighted by Crippen LogP contribution is 2.31. The number of thiazole rings is 1. The van der Waals surface area contributed by atoms with Crippen molar-refractivity contribution in [1.82, 2.24) is 4.98 Å². The molecule has 0 unspecified atom stereocenters. The van der Waals surface area contributed by atoms with Gasteiger partial charge in [-0.1, -0.05) is 36.4 Å². The number of carboxylic acid groups (broad SMARTS) is 1. The molecule has 0 aliphatic rings. The zero-order valence-electron chi connectivity index (χ0n) is 16.7. The van der Waals surface area contributed by atoms with Crippen LogP contribution in [0.5, 0.6) is 11.5 Å². The van der Waals surface area contributed by atoms with E-state index >= 15 is 0 Å². The summed E-state index contributed by atoms with van der Waals surface area (Å²) in [5.74, 6) is 0.241. The number of rotatable bonds is 7. The van der Waals surface area contributed by atoms with Gasteiger partial charge in [0.25, 0.3) is 0 Å². The van der Waals surface area contributed by atoms with Crippen molar-refractivity contribution in [2.75, 3.05) is 6.61 Å². The van der Waals surface area contributed by atoms with Crippen molar-refractivity contribution < 1.29 is 19.4 Å². The van der Waals surface area contributed by atoms with E-state index in [0.717, 1.165) is 26.7 Å². The summed E-state index contributed by atoms with van der Waals surface area (Å²) >= 11 is 1.63. The van der Waals surface area contributed by atoms with E-state index in [-0.39, 0.29) is 6.61 Å². The van der Waals surface area contributed by atoms with Gasteiger partial charge >= 0.3 is 5.97 Å². The lowest BCUT2D eigenvalue weighted by molar-refractivity contribution is -0.139. The second-order valence-corrected chi connectivity index (χ2v) is 8.07. The SMILES string of the molecule is Cc1cc(OCc2sc(-c3ccc4ccccc4c3)nc2C)ccc1OCC(=O)O. The monoisotopic (exact) mass is 419 g/mol. The first kappa shape index (κ1) is 19.9. The molecular weight excluding hydrogens is 398 g/mol. The van der Waals surface area contributed by atoms with Gasteiger partial charge < -0.3 is 14.6 Å². The molecule has 5 nitrogen and oxygen atoms in total. The average Bonchev–Trinajstić information content (AvgIpc) is 3.11. The van der Waals surface area contributed by atoms with E-state index in [1.54, 1.807) is 23.5 Å². The van der Waals surface area contributed by atoms with Crippen LogP contribution in [0.25, 0.3) is 21.3 Å². The van der Waals surface area contributed by atoms with E-state index in [1.165, 1.54) is 10.8 Å². The van der Waals surface area contributed by atoms with E-state index in [9.17, 15) is 4.79 Å². The van der Waals surface area contributed by atoms with Gasteiger partial charge in [0.2, 0.25) is 0 Å². The number of hydrogen-bond donors (Lipinski definition) is 1. The van der Waals surface area contributed by atoms with Gasteiger partial charge in [0.1, 0.15) is 23.1 Å². The summed E-state index contributed by atoms with van der Waals surface area (Å²) in [6, 6.07) is 20.0. The zero-order chi connectivity index (χ0) is 21.1. The quantitative estimate of drug-likeness (QED) is 0.421. The Morgan fingerprint density at radius 3 is 2.57 bits per heavy atom. The maximum atomic E-state index is 10.7. The van der Waals surface area contributed by atoms with Gasteiger partial charge in [0.05, 0.1) is 10.6 Å². The molecule has 1 aromatic heterocycles. The van der Waals surface area contributed by atoms with Crippen molar-refractivity contribution in [1.29, 1.82) is 0 Å². The molecule has 6 heteroatoms. The molecule has 1 N–H and O–H groups in total. The Morgan fingerprint density at radius 1 is 1.00 bits per heavy atom. The van der Waals surface area contributed by atoms with Crippen LogP contribution in [0, 0.1) is 13.8 Å². The smallest absolute Gasteiger partial charge is 0.341 e. The maximum absolute atomic E-state index is 10.7. The molecule has 0 bridgehead atoms. The van der Waals surface area contributed by atoms with Crippen molar-refractivity contribution in [3.05, 3.63) is 76.8 Å². The van der Waals surface area contributed by atoms with Crippen LogP contribution < -0.4 is 9.47 Å². The number of carboxylic acids is 1. The summed E-state index contributed by atoms with van der Waals surface area (Å²) in [6.45, 7) is 3.91. The van der Waals surface area contributed by atoms with E-state index < -0.39 is 5.97 Å². The highest BCUT2D eigenvalue weighted by molar-refractivity contribution is 7.15. The fourth-order valence-corrected chi connectivity index (χ4v) is 4.14. The molecule has 3 aromatic carbocycles. The predicted octanol–water partition coefficient (Wildman–Crippen LogP) is 5.62. The Labute approximate surface area is 178 Å². The highest BCUT2D eigenvalue weighted by atomic mass is 32.1. The van der Waals surface area contributed by atoms with Gasteiger partial charge in [-0.25, -0.2) is 9.78 Å². The number of aromatic nitrogens is 1. The number of nitrogens with zero attached hydrogens (tertiary/aromatic N) is 1. The lowest BCUT2D eigenvalue weighted by atomic mass is 10.1. The third kappa shape index (κ3) is 4.44. The molecule has 0 spiro atoms. The van der Waals surface area contributed by atoms with E-state index in [2.05, 4.69) is 30.3 Å². The Kier molecular flexibility index (Phi) is 5.68. The third-order valence-corrected chi connectivity index (χ3v) is 5.94. The molecule has 0 radical (unpaired) electrons. The molecule has 4 rings (SSSR count). The Morgan fingerprint density at radius 2 is 1.80 bits per heavy atom. The fraction of sp³-hybridized carbons (Fsp3) is 0.167. The molecule has 152 valence electrons. The predicted molar refractivity (Wildman–Crippen MR) is 118 cm³/mol. The number of aryl methyl sites for hydroxylation is 2. The maximum Gasteiger partial charge on any atom is 0.341 e. The van der Waals surface area contributed by atoms with Crippen LogP contribution in [0.15, 0.2) is 60.7 Å². The number of hydrogen-bond acceptors (Lipinski definition) is 5. The standard InChI is InChI=1S/C24H21NO4S/c1-15-11-20(9-10-21(15)29-14-23(26)27)28-13-22-16(2)25-24(30-22)19-8-7-17-5-3-4-6-18(17)12-19/h3-12H,13-14H2,1-2H3,(H,26,27). The van der Waals surface area contributed by atoms with Gasteiger partial charge in [-0.2, -0.15) is 0 Å². The minimum Gasteiger partial charge on any atom is -0.488 e. The normalized spacial score (nSPS) is 10.9. The van der Waals surface area contributed by atoms with Crippen LogP contribution in [0.3, 0.4) is 0 Å². The van der Waals surface area contributed by atoms with Crippen molar-refractivity contribution in [2.45, 2.75) is 20.5 Å². The summed E-state index contributed by atoms with van der Waals surface area (Å²) in [5, 5.41) is 12.1. The summed E-state index contributed by atoms with van der Waals surface area (Å²) in [4.78, 5) is 16.5. The number of carbonyl (C=O) groups is 1. The Balaban J connectivity index is 1.47. The minimum atomic E-state index is -1.00. The number of fused-ring (bicyclic) bond motifs is 1. The van der Waals surface area contributed by atoms with Crippen molar-refractivity contribution >= 4 is 28.1 Å². The van der Waals surface area contributed by atoms with Crippen LogP contribution in [-0.4, -0.2) is 22.7 Å². The van der Waals surface area contributed by atoms with Crippen LogP contribution >= 0.6 is 11.3 Å².